The summed E-state index contributed by atoms with van der Waals surface area (Å²) in [6.07, 6.45) is 5.32. The van der Waals surface area contributed by atoms with Gasteiger partial charge in [0.05, 0.1) is 20.1 Å². The molecule has 0 aliphatic heterocycles. The van der Waals surface area contributed by atoms with Crippen LogP contribution >= 0.6 is 119 Å². The van der Waals surface area contributed by atoms with Gasteiger partial charge >= 0.3 is 23.9 Å². The number of alkyl halides is 6. The number of ether oxygens (including phenoxy) is 3. The topological polar surface area (TPSA) is 420 Å². The summed E-state index contributed by atoms with van der Waals surface area (Å²) >= 11 is 31.9. The standard InChI is InChI=1S/C17H29Cl2N3O5.C17H29I2N3O5.C8H17NO2.C5H12N2O2.C3H6O.C2H2BrClO.C2H2Cl2O.CH4/c2*1-17(2,3)27-15(25)7-5-9-21-16(26)12(22-14(24)11-19)6-4-8-20-13(23)10-18;1-8(2,3)11-7(10)5-4-6-9;6-3-1-2-4(7)5(8)9;1-3(2)4;2*3-1-2(4)5;/h2*12H,4-11H2,1-3H3,(H,20,23)(H,21,26)(H,22,24);4-6,9H2,1-3H3;4H,1-3,6-7H2,(H,8,9);1-2H3;2*1H2;1H4/t2*12-;;4-;;;;/m00.0..../s1. The Morgan fingerprint density at radius 3 is 1.07 bits per heavy atom. The van der Waals surface area contributed by atoms with Gasteiger partial charge in [-0.25, -0.2) is 0 Å². The first-order valence-electron chi connectivity index (χ1n) is 27.5. The number of carbonyl (C=O) groups is 13. The highest BCUT2D eigenvalue weighted by Crippen LogP contribution is 2.11. The van der Waals surface area contributed by atoms with Crippen LogP contribution in [-0.2, 0) is 76.5 Å². The molecule has 0 aliphatic carbocycles. The molecule has 0 heterocycles. The highest BCUT2D eigenvalue weighted by atomic mass is 127. The molecule has 0 fully saturated rings. The monoisotopic (exact) mass is 1670 g/mol. The molecule has 6 amide bonds. The van der Waals surface area contributed by atoms with Crippen molar-refractivity contribution in [2.75, 3.05) is 71.1 Å². The van der Waals surface area contributed by atoms with E-state index in [0.717, 1.165) is 0 Å². The predicted molar refractivity (Wildman–Crippen MR) is 371 cm³/mol. The number of nitrogens with one attached hydrogen (secondary N) is 6. The molecule has 0 bridgehead atoms. The number of halogens is 8. The largest absolute Gasteiger partial charge is 0.480 e. The lowest BCUT2D eigenvalue weighted by Crippen LogP contribution is -2.47. The van der Waals surface area contributed by atoms with Crippen molar-refractivity contribution in [2.45, 2.75) is 196 Å². The average molecular weight is 1670 g/mol. The number of carboxylic acids is 1. The van der Waals surface area contributed by atoms with Crippen molar-refractivity contribution in [3.63, 3.8) is 0 Å². The number of hydrogen-bond donors (Lipinski definition) is 10. The van der Waals surface area contributed by atoms with Crippen LogP contribution < -0.4 is 49.1 Å². The summed E-state index contributed by atoms with van der Waals surface area (Å²) < 4.78 is 16.1. The van der Waals surface area contributed by atoms with E-state index in [1.165, 1.54) is 13.8 Å². The highest BCUT2D eigenvalue weighted by molar-refractivity contribution is 14.1. The maximum atomic E-state index is 12.3. The number of rotatable bonds is 33. The Hall–Kier alpha value is -3.02. The molecule has 0 aromatic rings. The third-order valence-electron chi connectivity index (χ3n) is 8.58. The highest BCUT2D eigenvalue weighted by Gasteiger charge is 2.23. The van der Waals surface area contributed by atoms with Gasteiger partial charge in [-0.1, -0.05) is 68.5 Å². The molecule has 0 radical (unpaired) electrons. The molecular weight excluding hydrogens is 1570 g/mol. The Balaban J connectivity index is -0.000000162. The van der Waals surface area contributed by atoms with E-state index >= 15 is 0 Å². The van der Waals surface area contributed by atoms with Crippen LogP contribution in [0.2, 0.25) is 0 Å². The number of nitrogens with two attached hydrogens (primary N) is 3. The van der Waals surface area contributed by atoms with Gasteiger partial charge in [0.1, 0.15) is 52.5 Å². The third kappa shape index (κ3) is 91.5. The lowest BCUT2D eigenvalue weighted by atomic mass is 10.1. The quantitative estimate of drug-likeness (QED) is 0.00881. The number of amides is 6. The lowest BCUT2D eigenvalue weighted by molar-refractivity contribution is -0.156. The second-order valence-electron chi connectivity index (χ2n) is 21.0. The number of esters is 3. The molecule has 0 aliphatic rings. The Morgan fingerprint density at radius 2 is 0.798 bits per heavy atom. The molecule has 3 atom stereocenters. The van der Waals surface area contributed by atoms with Crippen molar-refractivity contribution in [1.82, 2.24) is 31.9 Å². The number of ketones is 1. The number of aliphatic carboxylic acids is 1. The summed E-state index contributed by atoms with van der Waals surface area (Å²) in [5.41, 5.74) is 14.1. The molecule has 0 aromatic heterocycles. The van der Waals surface area contributed by atoms with Crippen LogP contribution in [0.4, 0.5) is 0 Å². The average Bonchev–Trinajstić information content (AvgIpc) is 3.62. The fourth-order valence-electron chi connectivity index (χ4n) is 5.19. The second-order valence-corrected chi connectivity index (χ2v) is 24.7. The summed E-state index contributed by atoms with van der Waals surface area (Å²) in [5, 5.41) is 23.6. The molecule has 0 rings (SSSR count). The van der Waals surface area contributed by atoms with Crippen LogP contribution in [0.3, 0.4) is 0 Å². The minimum Gasteiger partial charge on any atom is -0.480 e. The van der Waals surface area contributed by atoms with Crippen LogP contribution in [0.25, 0.3) is 0 Å². The summed E-state index contributed by atoms with van der Waals surface area (Å²) in [6, 6.07) is -2.18. The van der Waals surface area contributed by atoms with Crippen molar-refractivity contribution in [2.24, 2.45) is 17.2 Å². The van der Waals surface area contributed by atoms with Crippen LogP contribution in [0.1, 0.15) is 161 Å². The zero-order valence-electron chi connectivity index (χ0n) is 52.4. The van der Waals surface area contributed by atoms with Crippen LogP contribution in [0.5, 0.6) is 0 Å². The van der Waals surface area contributed by atoms with Crippen molar-refractivity contribution < 1.29 is 81.6 Å². The fraction of sp³-hybridized carbons (Fsp3) is 0.764. The first kappa shape index (κ1) is 102. The Morgan fingerprint density at radius 1 is 0.494 bits per heavy atom. The van der Waals surface area contributed by atoms with Crippen LogP contribution in [-0.4, -0.2) is 187 Å². The van der Waals surface area contributed by atoms with E-state index < -0.39 is 46.4 Å². The minimum absolute atomic E-state index is 0. The maximum Gasteiger partial charge on any atom is 0.320 e. The van der Waals surface area contributed by atoms with Gasteiger partial charge < -0.3 is 73.2 Å². The van der Waals surface area contributed by atoms with Gasteiger partial charge in [-0.2, -0.15) is 0 Å². The zero-order chi connectivity index (χ0) is 70.1. The van der Waals surface area contributed by atoms with E-state index in [4.69, 9.17) is 94.5 Å². The van der Waals surface area contributed by atoms with Gasteiger partial charge in [0.15, 0.2) is 0 Å². The molecule has 34 heteroatoms. The van der Waals surface area contributed by atoms with E-state index in [1.54, 1.807) is 41.5 Å². The summed E-state index contributed by atoms with van der Waals surface area (Å²) in [7, 11) is 0. The summed E-state index contributed by atoms with van der Waals surface area (Å²) in [5.74, 6) is -3.80. The molecule has 89 heavy (non-hydrogen) atoms. The van der Waals surface area contributed by atoms with Gasteiger partial charge in [-0.3, -0.25) is 57.5 Å². The first-order chi connectivity index (χ1) is 40.6. The smallest absolute Gasteiger partial charge is 0.320 e. The third-order valence-corrected chi connectivity index (χ3v) is 11.9. The SMILES string of the molecule is C.CC(C)(C)OC(=O)CCCN.CC(C)(C)OC(=O)CCCNC(=O)[C@H](CCCNC(=O)CCl)NC(=O)CCl.CC(C)(C)OC(=O)CCCNC(=O)[C@H](CCCNC(=O)CI)NC(=O)CI.CC(C)=O.NCCC[C@H](N)C(=O)O.O=C(Cl)CBr.O=C(Cl)CCl. The molecule has 0 saturated heterocycles. The molecule has 524 valence electrons. The normalized spacial score (nSPS) is 11.2. The summed E-state index contributed by atoms with van der Waals surface area (Å²) in [4.78, 5) is 143. The van der Waals surface area contributed by atoms with E-state index in [-0.39, 0.29) is 118 Å². The van der Waals surface area contributed by atoms with Gasteiger partial charge in [-0.15, -0.1) is 34.8 Å². The van der Waals surface area contributed by atoms with Gasteiger partial charge in [0, 0.05) is 45.4 Å². The zero-order valence-corrected chi connectivity index (χ0v) is 62.1. The molecule has 13 N–H and O–H groups in total. The number of Topliss-reactive ketones (excluding diaryl/α,β-unsaturated/α-hetero) is 1. The Bertz CT molecular complexity index is 1920. The molecule has 0 saturated carbocycles. The number of carbonyl (C=O) groups excluding carboxylic acids is 12. The lowest BCUT2D eigenvalue weighted by Gasteiger charge is -2.20. The van der Waals surface area contributed by atoms with Gasteiger partial charge in [0.2, 0.25) is 45.9 Å². The Kier molecular flexibility index (Phi) is 74.6. The van der Waals surface area contributed by atoms with E-state index in [2.05, 4.69) is 47.8 Å². The number of carboxylic acid groups (broad SMARTS) is 1. The van der Waals surface area contributed by atoms with E-state index in [0.29, 0.717) is 101 Å². The van der Waals surface area contributed by atoms with Crippen molar-refractivity contribution in [3.8, 4) is 0 Å². The number of hydrogen-bond acceptors (Lipinski definition) is 19. The van der Waals surface area contributed by atoms with E-state index in [9.17, 15) is 62.3 Å². The second kappa shape index (κ2) is 65.1. The van der Waals surface area contributed by atoms with E-state index in [1.807, 2.05) is 66.0 Å². The van der Waals surface area contributed by atoms with Crippen LogP contribution in [0, 0.1) is 0 Å². The summed E-state index contributed by atoms with van der Waals surface area (Å²) in [6.45, 7) is 21.8. The molecule has 0 spiro atoms. The molecular formula is C55H101BrCl5I2N9O17. The molecule has 26 nitrogen and oxygen atoms in total. The minimum atomic E-state index is -0.955. The first-order valence-corrected chi connectivity index (χ1v) is 34.0. The molecule has 0 unspecified atom stereocenters. The predicted octanol–water partition coefficient (Wildman–Crippen LogP) is 6.13. The van der Waals surface area contributed by atoms with Crippen LogP contribution in [0.15, 0.2) is 0 Å². The van der Waals surface area contributed by atoms with Crippen molar-refractivity contribution in [3.05, 3.63) is 0 Å². The fourth-order valence-corrected chi connectivity index (χ4v) is 5.85. The molecule has 0 aromatic carbocycles. The Labute approximate surface area is 587 Å². The van der Waals surface area contributed by atoms with Gasteiger partial charge in [-0.05, 0) is 170 Å². The maximum absolute atomic E-state index is 12.3. The van der Waals surface area contributed by atoms with Gasteiger partial charge in [0.25, 0.3) is 0 Å². The van der Waals surface area contributed by atoms with Crippen molar-refractivity contribution >= 4 is 195 Å². The van der Waals surface area contributed by atoms with Crippen molar-refractivity contribution in [1.29, 1.82) is 0 Å².